The monoisotopic (exact) mass is 271 g/mol. The molecule has 0 amide bonds. The Balaban J connectivity index is 2.18. The molecular weight excluding hydrogens is 257 g/mol. The summed E-state index contributed by atoms with van der Waals surface area (Å²) in [6.07, 6.45) is 3.03. The molecule has 4 heteroatoms. The predicted molar refractivity (Wildman–Crippen MR) is 73.1 cm³/mol. The van der Waals surface area contributed by atoms with Crippen molar-refractivity contribution in [2.45, 2.75) is 19.9 Å². The van der Waals surface area contributed by atoms with Crippen molar-refractivity contribution in [2.24, 2.45) is 0 Å². The van der Waals surface area contributed by atoms with Crippen LogP contribution in [0.4, 0.5) is 0 Å². The number of halogens is 2. The number of ether oxygens (including phenoxy) is 1. The lowest BCUT2D eigenvalue weighted by Crippen LogP contribution is -2.01. The molecule has 1 heterocycles. The molecule has 92 valence electrons. The molecule has 0 saturated heterocycles. The standard InChI is InChI=1S/C13H15Cl2NO/c1-2-17-7-3-5-16-6-4-11-12(15)8-10(14)9-13(11)16/h4,6,8-9H,2-3,5,7H2,1H3. The summed E-state index contributed by atoms with van der Waals surface area (Å²) in [6.45, 7) is 4.47. The maximum absolute atomic E-state index is 6.14. The first-order valence-electron chi connectivity index (χ1n) is 5.74. The Morgan fingerprint density at radius 1 is 1.29 bits per heavy atom. The van der Waals surface area contributed by atoms with Crippen molar-refractivity contribution in [3.63, 3.8) is 0 Å². The molecule has 0 aliphatic rings. The van der Waals surface area contributed by atoms with Gasteiger partial charge in [0.05, 0.1) is 10.5 Å². The van der Waals surface area contributed by atoms with Crippen molar-refractivity contribution in [1.82, 2.24) is 4.57 Å². The number of rotatable bonds is 5. The fourth-order valence-corrected chi connectivity index (χ4v) is 2.44. The maximum atomic E-state index is 6.14. The van der Waals surface area contributed by atoms with Crippen LogP contribution in [0.3, 0.4) is 0 Å². The van der Waals surface area contributed by atoms with E-state index >= 15 is 0 Å². The third kappa shape index (κ3) is 2.95. The molecule has 1 aromatic heterocycles. The number of benzene rings is 1. The van der Waals surface area contributed by atoms with Gasteiger partial charge in [-0.3, -0.25) is 0 Å². The Bertz CT molecular complexity index is 507. The average molecular weight is 272 g/mol. The third-order valence-electron chi connectivity index (χ3n) is 2.69. The molecular formula is C13H15Cl2NO. The van der Waals surface area contributed by atoms with E-state index in [2.05, 4.69) is 4.57 Å². The lowest BCUT2D eigenvalue weighted by atomic mass is 10.2. The summed E-state index contributed by atoms with van der Waals surface area (Å²) >= 11 is 12.2. The number of nitrogens with zero attached hydrogens (tertiary/aromatic N) is 1. The summed E-state index contributed by atoms with van der Waals surface area (Å²) in [7, 11) is 0. The fourth-order valence-electron chi connectivity index (χ4n) is 1.89. The Morgan fingerprint density at radius 3 is 2.88 bits per heavy atom. The van der Waals surface area contributed by atoms with Crippen molar-refractivity contribution in [3.8, 4) is 0 Å². The highest BCUT2D eigenvalue weighted by molar-refractivity contribution is 6.38. The van der Waals surface area contributed by atoms with Gasteiger partial charge >= 0.3 is 0 Å². The van der Waals surface area contributed by atoms with Gasteiger partial charge in [0.2, 0.25) is 0 Å². The van der Waals surface area contributed by atoms with Crippen molar-refractivity contribution in [1.29, 1.82) is 0 Å². The van der Waals surface area contributed by atoms with Crippen LogP contribution in [0.15, 0.2) is 24.4 Å². The van der Waals surface area contributed by atoms with Gasteiger partial charge in [-0.25, -0.2) is 0 Å². The third-order valence-corrected chi connectivity index (χ3v) is 3.23. The molecule has 0 saturated carbocycles. The Kier molecular flexibility index (Phi) is 4.32. The van der Waals surface area contributed by atoms with Gasteiger partial charge in [-0.2, -0.15) is 0 Å². The summed E-state index contributed by atoms with van der Waals surface area (Å²) in [6, 6.07) is 5.74. The Hall–Kier alpha value is -0.700. The number of aromatic nitrogens is 1. The first-order valence-corrected chi connectivity index (χ1v) is 6.49. The Morgan fingerprint density at radius 2 is 2.12 bits per heavy atom. The van der Waals surface area contributed by atoms with Crippen LogP contribution >= 0.6 is 23.2 Å². The summed E-state index contributed by atoms with van der Waals surface area (Å²) in [5.41, 5.74) is 1.08. The molecule has 17 heavy (non-hydrogen) atoms. The van der Waals surface area contributed by atoms with Gasteiger partial charge in [0.15, 0.2) is 0 Å². The van der Waals surface area contributed by atoms with Crippen molar-refractivity contribution < 1.29 is 4.74 Å². The van der Waals surface area contributed by atoms with Gasteiger partial charge in [-0.05, 0) is 31.5 Å². The second kappa shape index (κ2) is 5.76. The lowest BCUT2D eigenvalue weighted by Gasteiger charge is -2.06. The zero-order valence-corrected chi connectivity index (χ0v) is 11.3. The predicted octanol–water partition coefficient (Wildman–Crippen LogP) is 4.37. The molecule has 2 nitrogen and oxygen atoms in total. The zero-order chi connectivity index (χ0) is 12.3. The molecule has 0 unspecified atom stereocenters. The van der Waals surface area contributed by atoms with Gasteiger partial charge in [0, 0.05) is 36.4 Å². The number of aryl methyl sites for hydroxylation is 1. The minimum atomic E-state index is 0.673. The largest absolute Gasteiger partial charge is 0.382 e. The molecule has 0 aliphatic carbocycles. The van der Waals surface area contributed by atoms with Gasteiger partial charge in [0.25, 0.3) is 0 Å². The summed E-state index contributed by atoms with van der Waals surface area (Å²) in [5, 5.41) is 2.43. The van der Waals surface area contributed by atoms with Crippen LogP contribution in [0, 0.1) is 0 Å². The lowest BCUT2D eigenvalue weighted by molar-refractivity contribution is 0.142. The van der Waals surface area contributed by atoms with Crippen LogP contribution in [0.5, 0.6) is 0 Å². The first-order chi connectivity index (χ1) is 8.22. The van der Waals surface area contributed by atoms with Gasteiger partial charge < -0.3 is 9.30 Å². The average Bonchev–Trinajstić information content (AvgIpc) is 2.68. The SMILES string of the molecule is CCOCCCn1ccc2c(Cl)cc(Cl)cc21. The van der Waals surface area contributed by atoms with E-state index in [-0.39, 0.29) is 0 Å². The minimum Gasteiger partial charge on any atom is -0.382 e. The second-order valence-corrected chi connectivity index (χ2v) is 4.72. The smallest absolute Gasteiger partial charge is 0.0514 e. The fraction of sp³-hybridized carbons (Fsp3) is 0.385. The quantitative estimate of drug-likeness (QED) is 0.737. The van der Waals surface area contributed by atoms with E-state index in [9.17, 15) is 0 Å². The van der Waals surface area contributed by atoms with Crippen molar-refractivity contribution >= 4 is 34.1 Å². The Labute approximate surface area is 111 Å². The van der Waals surface area contributed by atoms with Crippen LogP contribution in [0.25, 0.3) is 10.9 Å². The van der Waals surface area contributed by atoms with E-state index in [0.717, 1.165) is 37.1 Å². The van der Waals surface area contributed by atoms with Crippen LogP contribution in [-0.2, 0) is 11.3 Å². The number of fused-ring (bicyclic) bond motifs is 1. The summed E-state index contributed by atoms with van der Waals surface area (Å²) < 4.78 is 7.48. The van der Waals surface area contributed by atoms with Crippen molar-refractivity contribution in [3.05, 3.63) is 34.4 Å². The molecule has 0 radical (unpaired) electrons. The van der Waals surface area contributed by atoms with E-state index in [1.54, 1.807) is 6.07 Å². The van der Waals surface area contributed by atoms with E-state index in [1.165, 1.54) is 0 Å². The van der Waals surface area contributed by atoms with E-state index in [0.29, 0.717) is 10.0 Å². The molecule has 2 rings (SSSR count). The van der Waals surface area contributed by atoms with E-state index < -0.39 is 0 Å². The van der Waals surface area contributed by atoms with Crippen LogP contribution in [0.2, 0.25) is 10.0 Å². The zero-order valence-electron chi connectivity index (χ0n) is 9.75. The molecule has 0 fully saturated rings. The first kappa shape index (κ1) is 12.7. The van der Waals surface area contributed by atoms with E-state index in [1.807, 2.05) is 25.3 Å². The number of hydrogen-bond donors (Lipinski definition) is 0. The summed E-state index contributed by atoms with van der Waals surface area (Å²) in [5.74, 6) is 0. The molecule has 0 bridgehead atoms. The normalized spacial score (nSPS) is 11.2. The highest BCUT2D eigenvalue weighted by atomic mass is 35.5. The molecule has 0 spiro atoms. The molecule has 1 aromatic carbocycles. The number of hydrogen-bond acceptors (Lipinski definition) is 1. The topological polar surface area (TPSA) is 14.2 Å². The summed E-state index contributed by atoms with van der Waals surface area (Å²) in [4.78, 5) is 0. The van der Waals surface area contributed by atoms with Gasteiger partial charge in [0.1, 0.15) is 0 Å². The molecule has 2 aromatic rings. The van der Waals surface area contributed by atoms with Crippen molar-refractivity contribution in [2.75, 3.05) is 13.2 Å². The molecule has 0 N–H and O–H groups in total. The van der Waals surface area contributed by atoms with Crippen LogP contribution in [-0.4, -0.2) is 17.8 Å². The highest BCUT2D eigenvalue weighted by Crippen LogP contribution is 2.28. The highest BCUT2D eigenvalue weighted by Gasteiger charge is 2.06. The minimum absolute atomic E-state index is 0.673. The second-order valence-electron chi connectivity index (χ2n) is 3.88. The van der Waals surface area contributed by atoms with E-state index in [4.69, 9.17) is 27.9 Å². The molecule has 0 atom stereocenters. The van der Waals surface area contributed by atoms with Crippen LogP contribution < -0.4 is 0 Å². The van der Waals surface area contributed by atoms with Gasteiger partial charge in [-0.1, -0.05) is 23.2 Å². The molecule has 0 aliphatic heterocycles. The van der Waals surface area contributed by atoms with Crippen LogP contribution in [0.1, 0.15) is 13.3 Å². The maximum Gasteiger partial charge on any atom is 0.0514 e. The van der Waals surface area contributed by atoms with Gasteiger partial charge in [-0.15, -0.1) is 0 Å².